The van der Waals surface area contributed by atoms with Crippen molar-refractivity contribution < 1.29 is 10.2 Å². The topological polar surface area (TPSA) is 40.5 Å². The first kappa shape index (κ1) is 29.9. The number of aryl methyl sites for hydroxylation is 6. The molecule has 0 aromatic heterocycles. The number of hydrogen-bond acceptors (Lipinski definition) is 2. The van der Waals surface area contributed by atoms with Gasteiger partial charge in [-0.25, -0.2) is 0 Å². The Morgan fingerprint density at radius 1 is 0.400 bits per heavy atom. The van der Waals surface area contributed by atoms with Crippen molar-refractivity contribution in [3.63, 3.8) is 0 Å². The van der Waals surface area contributed by atoms with Crippen LogP contribution in [0.25, 0.3) is 33.4 Å². The van der Waals surface area contributed by atoms with Crippen LogP contribution in [0.15, 0.2) is 48.5 Å². The molecule has 4 aromatic carbocycles. The van der Waals surface area contributed by atoms with Gasteiger partial charge >= 0.3 is 0 Å². The van der Waals surface area contributed by atoms with E-state index in [1.165, 1.54) is 54.9 Å². The van der Waals surface area contributed by atoms with Crippen LogP contribution < -0.4 is 10.4 Å². The SMILES string of the molecule is Cc1cc(C)c(-c2cc(O)c(-c3c(O)cc(-c4c(C)cc(C)cc4C)cc3[Si](C)(C)C)c([Si](C)(C)C)c2)c(C)c1. The molecule has 4 aromatic rings. The summed E-state index contributed by atoms with van der Waals surface area (Å²) < 4.78 is 0. The van der Waals surface area contributed by atoms with E-state index in [4.69, 9.17) is 0 Å². The molecule has 0 unspecified atom stereocenters. The molecule has 0 fully saturated rings. The van der Waals surface area contributed by atoms with Gasteiger partial charge in [0, 0.05) is 11.1 Å². The lowest BCUT2D eigenvalue weighted by molar-refractivity contribution is 0.470. The lowest BCUT2D eigenvalue weighted by atomic mass is 9.90. The fraction of sp³-hybridized carbons (Fsp3) is 0.333. The number of hydrogen-bond donors (Lipinski definition) is 2. The van der Waals surface area contributed by atoms with E-state index < -0.39 is 16.1 Å². The fourth-order valence-corrected chi connectivity index (χ4v) is 9.70. The molecule has 0 heterocycles. The first-order valence-electron chi connectivity index (χ1n) is 14.3. The highest BCUT2D eigenvalue weighted by atomic mass is 28.3. The third-order valence-corrected chi connectivity index (χ3v) is 12.1. The second kappa shape index (κ2) is 10.4. The van der Waals surface area contributed by atoms with E-state index in [2.05, 4.69) is 117 Å². The third-order valence-electron chi connectivity index (χ3n) is 8.03. The zero-order valence-electron chi connectivity index (χ0n) is 26.5. The summed E-state index contributed by atoms with van der Waals surface area (Å²) in [5.41, 5.74) is 13.4. The number of aromatic hydroxyl groups is 2. The van der Waals surface area contributed by atoms with Crippen LogP contribution in [0, 0.1) is 41.5 Å². The molecule has 0 saturated heterocycles. The van der Waals surface area contributed by atoms with Crippen molar-refractivity contribution in [1.29, 1.82) is 0 Å². The van der Waals surface area contributed by atoms with Gasteiger partial charge in [0.15, 0.2) is 0 Å². The minimum Gasteiger partial charge on any atom is -0.507 e. The molecule has 2 nitrogen and oxygen atoms in total. The van der Waals surface area contributed by atoms with Crippen LogP contribution >= 0.6 is 0 Å². The van der Waals surface area contributed by atoms with Crippen molar-refractivity contribution in [2.24, 2.45) is 0 Å². The van der Waals surface area contributed by atoms with E-state index in [-0.39, 0.29) is 11.5 Å². The molecule has 0 amide bonds. The summed E-state index contributed by atoms with van der Waals surface area (Å²) in [6.45, 7) is 26.8. The number of rotatable bonds is 5. The molecule has 0 saturated carbocycles. The van der Waals surface area contributed by atoms with E-state index in [0.717, 1.165) is 22.3 Å². The van der Waals surface area contributed by atoms with Gasteiger partial charge < -0.3 is 10.2 Å². The molecular formula is C36H46O2Si2. The zero-order valence-corrected chi connectivity index (χ0v) is 28.5. The Bertz CT molecular complexity index is 1460. The summed E-state index contributed by atoms with van der Waals surface area (Å²) in [4.78, 5) is 0. The highest BCUT2D eigenvalue weighted by Gasteiger charge is 2.32. The quantitative estimate of drug-likeness (QED) is 0.237. The first-order valence-corrected chi connectivity index (χ1v) is 21.3. The molecule has 0 aliphatic carbocycles. The largest absolute Gasteiger partial charge is 0.507 e. The predicted molar refractivity (Wildman–Crippen MR) is 180 cm³/mol. The van der Waals surface area contributed by atoms with Gasteiger partial charge in [-0.05, 0) is 109 Å². The molecule has 210 valence electrons. The van der Waals surface area contributed by atoms with E-state index >= 15 is 0 Å². The average molecular weight is 567 g/mol. The monoisotopic (exact) mass is 566 g/mol. The number of phenols is 2. The predicted octanol–water partition coefficient (Wildman–Crippen LogP) is 9.04. The van der Waals surface area contributed by atoms with E-state index in [9.17, 15) is 10.2 Å². The maximum absolute atomic E-state index is 11.8. The molecule has 0 aliphatic heterocycles. The van der Waals surface area contributed by atoms with E-state index in [1.807, 2.05) is 12.1 Å². The van der Waals surface area contributed by atoms with Gasteiger partial charge in [-0.15, -0.1) is 0 Å². The minimum absolute atomic E-state index is 0.250. The first-order chi connectivity index (χ1) is 18.4. The lowest BCUT2D eigenvalue weighted by Crippen LogP contribution is -2.43. The average Bonchev–Trinajstić information content (AvgIpc) is 2.76. The van der Waals surface area contributed by atoms with E-state index in [0.29, 0.717) is 0 Å². The van der Waals surface area contributed by atoms with Crippen LogP contribution in [0.2, 0.25) is 39.3 Å². The minimum atomic E-state index is -1.96. The molecule has 4 heteroatoms. The molecule has 0 aliphatic rings. The Kier molecular flexibility index (Phi) is 7.76. The van der Waals surface area contributed by atoms with Crippen LogP contribution in [0.1, 0.15) is 33.4 Å². The molecular weight excluding hydrogens is 521 g/mol. The van der Waals surface area contributed by atoms with Crippen LogP contribution in [-0.2, 0) is 0 Å². The van der Waals surface area contributed by atoms with Crippen molar-refractivity contribution in [3.05, 3.63) is 81.9 Å². The molecule has 0 atom stereocenters. The summed E-state index contributed by atoms with van der Waals surface area (Å²) in [6.07, 6.45) is 0. The van der Waals surface area contributed by atoms with Crippen LogP contribution in [0.5, 0.6) is 11.5 Å². The number of phenolic OH excluding ortho intramolecular Hbond substituents is 2. The van der Waals surface area contributed by atoms with E-state index in [1.54, 1.807) is 0 Å². The Morgan fingerprint density at radius 2 is 0.675 bits per heavy atom. The maximum Gasteiger partial charge on any atom is 0.124 e. The molecule has 0 radical (unpaired) electrons. The van der Waals surface area contributed by atoms with Crippen LogP contribution in [0.3, 0.4) is 0 Å². The highest BCUT2D eigenvalue weighted by Crippen LogP contribution is 2.42. The van der Waals surface area contributed by atoms with Gasteiger partial charge in [-0.2, -0.15) is 0 Å². The molecule has 40 heavy (non-hydrogen) atoms. The standard InChI is InChI=1S/C36H46O2Si2/c1-21-13-23(3)33(24(4)14-21)27-17-29(37)35(31(19-27)39(7,8)9)36-30(38)18-28(20-32(36)40(10,11)12)34-25(5)15-22(2)16-26(34)6/h13-20,37-38H,1-12H3. The smallest absolute Gasteiger partial charge is 0.124 e. The summed E-state index contributed by atoms with van der Waals surface area (Å²) in [6, 6.07) is 17.3. The van der Waals surface area contributed by atoms with Gasteiger partial charge in [-0.1, -0.05) is 86.8 Å². The number of benzene rings is 4. The molecule has 4 rings (SSSR count). The second-order valence-corrected chi connectivity index (χ2v) is 24.0. The summed E-state index contributed by atoms with van der Waals surface area (Å²) >= 11 is 0. The molecule has 2 N–H and O–H groups in total. The maximum atomic E-state index is 11.8. The third kappa shape index (κ3) is 5.57. The zero-order chi connectivity index (χ0) is 29.9. The lowest BCUT2D eigenvalue weighted by Gasteiger charge is -2.29. The normalized spacial score (nSPS) is 12.2. The van der Waals surface area contributed by atoms with Gasteiger partial charge in [0.25, 0.3) is 0 Å². The Morgan fingerprint density at radius 3 is 0.925 bits per heavy atom. The van der Waals surface area contributed by atoms with Crippen LogP contribution in [0.4, 0.5) is 0 Å². The Hall–Kier alpha value is -3.09. The van der Waals surface area contributed by atoms with Crippen molar-refractivity contribution in [2.45, 2.75) is 80.8 Å². The summed E-state index contributed by atoms with van der Waals surface area (Å²) in [5, 5.41) is 26.0. The molecule has 0 bridgehead atoms. The van der Waals surface area contributed by atoms with Crippen molar-refractivity contribution in [1.82, 2.24) is 0 Å². The summed E-state index contributed by atoms with van der Waals surface area (Å²) in [5.74, 6) is 0.499. The van der Waals surface area contributed by atoms with Crippen molar-refractivity contribution >= 4 is 26.5 Å². The van der Waals surface area contributed by atoms with Gasteiger partial charge in [0.2, 0.25) is 0 Å². The Labute approximate surface area is 243 Å². The second-order valence-electron chi connectivity index (χ2n) is 13.9. The fourth-order valence-electron chi connectivity index (χ4n) is 6.52. The van der Waals surface area contributed by atoms with Gasteiger partial charge in [-0.3, -0.25) is 0 Å². The highest BCUT2D eigenvalue weighted by molar-refractivity contribution is 6.91. The van der Waals surface area contributed by atoms with Gasteiger partial charge in [0.1, 0.15) is 11.5 Å². The summed E-state index contributed by atoms with van der Waals surface area (Å²) in [7, 11) is -3.93. The van der Waals surface area contributed by atoms with Gasteiger partial charge in [0.05, 0.1) is 16.1 Å². The van der Waals surface area contributed by atoms with Crippen molar-refractivity contribution in [2.75, 3.05) is 0 Å². The van der Waals surface area contributed by atoms with Crippen LogP contribution in [-0.4, -0.2) is 26.4 Å². The molecule has 0 spiro atoms. The van der Waals surface area contributed by atoms with Crippen molar-refractivity contribution in [3.8, 4) is 44.9 Å². The Balaban J connectivity index is 2.08.